The Labute approximate surface area is 256 Å². The molecule has 40 heavy (non-hydrogen) atoms. The third-order valence-electron chi connectivity index (χ3n) is 6.37. The number of allylic oxidation sites excluding steroid dienone is 1. The van der Waals surface area contributed by atoms with Crippen molar-refractivity contribution in [1.82, 2.24) is 10.6 Å². The van der Waals surface area contributed by atoms with Gasteiger partial charge in [-0.2, -0.15) is 13.2 Å². The lowest BCUT2D eigenvalue weighted by Gasteiger charge is -2.19. The molecule has 2 amide bonds. The van der Waals surface area contributed by atoms with Crippen molar-refractivity contribution in [3.8, 4) is 0 Å². The predicted molar refractivity (Wildman–Crippen MR) is 156 cm³/mol. The number of hydrogen-bond donors (Lipinski definition) is 2. The molecule has 12 heteroatoms. The fraction of sp³-hybridized carbons (Fsp3) is 0.214. The number of rotatable bonds is 8. The van der Waals surface area contributed by atoms with Crippen LogP contribution in [0.3, 0.4) is 0 Å². The van der Waals surface area contributed by atoms with Gasteiger partial charge < -0.3 is 10.6 Å². The van der Waals surface area contributed by atoms with Gasteiger partial charge in [-0.05, 0) is 75.8 Å². The fourth-order valence-electron chi connectivity index (χ4n) is 4.00. The largest absolute Gasteiger partial charge is 0.399 e. The van der Waals surface area contributed by atoms with Crippen LogP contribution in [0.25, 0.3) is 6.08 Å². The van der Waals surface area contributed by atoms with Gasteiger partial charge in [-0.25, -0.2) is 0 Å². The van der Waals surface area contributed by atoms with Crippen LogP contribution in [0.5, 0.6) is 0 Å². The maximum atomic E-state index is 13.8. The van der Waals surface area contributed by atoms with Crippen molar-refractivity contribution in [1.29, 1.82) is 0 Å². The standard InChI is InChI=1S/C28H20BrCl4F3N2O2/c29-20-11-15(6-8-19(28(34,35)36)17-12-22(31)24(33)23(32)13-17)5-7-18(20)25(39)38-27(9-10-27)26(40)37-14-16-3-1-2-4-21(16)30/h1-8,11-13,19H,9-10,14H2,(H,37,40)(H,38,39). The molecule has 2 N–H and O–H groups in total. The topological polar surface area (TPSA) is 58.2 Å². The Kier molecular flexibility index (Phi) is 9.47. The minimum absolute atomic E-state index is 0.0270. The molecule has 0 spiro atoms. The molecular formula is C28H20BrCl4F3N2O2. The molecule has 1 atom stereocenters. The molecule has 3 aromatic carbocycles. The average molecular weight is 695 g/mol. The Morgan fingerprint density at radius 1 is 0.975 bits per heavy atom. The highest BCUT2D eigenvalue weighted by atomic mass is 79.9. The minimum atomic E-state index is -4.63. The van der Waals surface area contributed by atoms with Crippen LogP contribution < -0.4 is 10.6 Å². The number of carbonyl (C=O) groups is 2. The summed E-state index contributed by atoms with van der Waals surface area (Å²) in [7, 11) is 0. The Hall–Kier alpha value is -2.23. The number of hydrogen-bond acceptors (Lipinski definition) is 2. The van der Waals surface area contributed by atoms with Gasteiger partial charge in [0, 0.05) is 16.0 Å². The zero-order valence-electron chi connectivity index (χ0n) is 20.4. The van der Waals surface area contributed by atoms with Crippen molar-refractivity contribution >= 4 is 80.2 Å². The van der Waals surface area contributed by atoms with Crippen LogP contribution in [0, 0.1) is 0 Å². The SMILES string of the molecule is O=C(NC1(C(=O)NCc2ccccc2Cl)CC1)c1ccc(C=CC(c2cc(Cl)c(Cl)c(Cl)c2)C(F)(F)F)cc1Br. The summed E-state index contributed by atoms with van der Waals surface area (Å²) in [5.74, 6) is -2.82. The lowest BCUT2D eigenvalue weighted by molar-refractivity contribution is -0.139. The molecule has 210 valence electrons. The Morgan fingerprint density at radius 2 is 1.62 bits per heavy atom. The van der Waals surface area contributed by atoms with E-state index in [9.17, 15) is 22.8 Å². The van der Waals surface area contributed by atoms with Crippen LogP contribution in [-0.2, 0) is 11.3 Å². The number of amides is 2. The molecule has 1 fully saturated rings. The monoisotopic (exact) mass is 692 g/mol. The van der Waals surface area contributed by atoms with Crippen molar-refractivity contribution in [3.05, 3.63) is 107 Å². The van der Waals surface area contributed by atoms with Crippen LogP contribution in [-0.4, -0.2) is 23.5 Å². The van der Waals surface area contributed by atoms with Gasteiger partial charge in [0.25, 0.3) is 5.91 Å². The highest BCUT2D eigenvalue weighted by Crippen LogP contribution is 2.41. The second kappa shape index (κ2) is 12.3. The first-order valence-electron chi connectivity index (χ1n) is 11.8. The normalized spacial score (nSPS) is 15.1. The number of benzene rings is 3. The van der Waals surface area contributed by atoms with Gasteiger partial charge in [0.05, 0.1) is 26.5 Å². The van der Waals surface area contributed by atoms with E-state index in [2.05, 4.69) is 26.6 Å². The van der Waals surface area contributed by atoms with Gasteiger partial charge >= 0.3 is 6.18 Å². The quantitative estimate of drug-likeness (QED) is 0.231. The van der Waals surface area contributed by atoms with E-state index in [0.29, 0.717) is 27.9 Å². The van der Waals surface area contributed by atoms with E-state index in [1.54, 1.807) is 18.2 Å². The molecular weight excluding hydrogens is 675 g/mol. The van der Waals surface area contributed by atoms with Crippen molar-refractivity contribution < 1.29 is 22.8 Å². The van der Waals surface area contributed by atoms with Crippen LogP contribution in [0.1, 0.15) is 45.8 Å². The van der Waals surface area contributed by atoms with E-state index < -0.39 is 23.5 Å². The van der Waals surface area contributed by atoms with Crippen LogP contribution in [0.15, 0.2) is 65.1 Å². The molecule has 0 heterocycles. The summed E-state index contributed by atoms with van der Waals surface area (Å²) in [5, 5.41) is 5.92. The summed E-state index contributed by atoms with van der Waals surface area (Å²) in [6.07, 6.45) is -1.42. The van der Waals surface area contributed by atoms with Crippen molar-refractivity contribution in [3.63, 3.8) is 0 Å². The molecule has 1 saturated carbocycles. The zero-order valence-corrected chi connectivity index (χ0v) is 25.0. The third-order valence-corrected chi connectivity index (χ3v) is 8.59. The Bertz CT molecular complexity index is 1470. The fourth-order valence-corrected chi connectivity index (χ4v) is 5.39. The maximum absolute atomic E-state index is 13.8. The van der Waals surface area contributed by atoms with Gasteiger partial charge in [0.2, 0.25) is 5.91 Å². The van der Waals surface area contributed by atoms with E-state index in [1.807, 2.05) is 6.07 Å². The van der Waals surface area contributed by atoms with Gasteiger partial charge in [-0.15, -0.1) is 0 Å². The van der Waals surface area contributed by atoms with E-state index in [-0.39, 0.29) is 38.6 Å². The smallest absolute Gasteiger partial charge is 0.350 e. The van der Waals surface area contributed by atoms with Crippen LogP contribution in [0.4, 0.5) is 13.2 Å². The summed E-state index contributed by atoms with van der Waals surface area (Å²) in [6.45, 7) is 0.216. The van der Waals surface area contributed by atoms with Gasteiger partial charge in [0.1, 0.15) is 5.54 Å². The molecule has 0 radical (unpaired) electrons. The summed E-state index contributed by atoms with van der Waals surface area (Å²) < 4.78 is 41.9. The summed E-state index contributed by atoms with van der Waals surface area (Å²) in [4.78, 5) is 25.8. The molecule has 3 aromatic rings. The molecule has 1 unspecified atom stereocenters. The first kappa shape index (κ1) is 30.7. The van der Waals surface area contributed by atoms with Gasteiger partial charge in [0.15, 0.2) is 0 Å². The highest BCUT2D eigenvalue weighted by molar-refractivity contribution is 9.10. The van der Waals surface area contributed by atoms with E-state index >= 15 is 0 Å². The molecule has 4 rings (SSSR count). The summed E-state index contributed by atoms with van der Waals surface area (Å²) in [5.41, 5.74) is 0.187. The molecule has 0 aliphatic heterocycles. The lowest BCUT2D eigenvalue weighted by Crippen LogP contribution is -2.48. The molecule has 0 saturated heterocycles. The number of alkyl halides is 3. The Balaban J connectivity index is 1.46. The maximum Gasteiger partial charge on any atom is 0.399 e. The Morgan fingerprint density at radius 3 is 2.20 bits per heavy atom. The molecule has 0 aromatic heterocycles. The number of nitrogens with one attached hydrogen (secondary N) is 2. The minimum Gasteiger partial charge on any atom is -0.350 e. The first-order valence-corrected chi connectivity index (χ1v) is 14.1. The van der Waals surface area contributed by atoms with E-state index in [0.717, 1.165) is 23.8 Å². The molecule has 0 bridgehead atoms. The molecule has 1 aliphatic carbocycles. The molecule has 4 nitrogen and oxygen atoms in total. The number of carbonyl (C=O) groups excluding carboxylic acids is 2. The predicted octanol–water partition coefficient (Wildman–Crippen LogP) is 9.00. The number of halogens is 8. The summed E-state index contributed by atoms with van der Waals surface area (Å²) in [6, 6.07) is 13.8. The second-order valence-electron chi connectivity index (χ2n) is 9.23. The third kappa shape index (κ3) is 7.15. The van der Waals surface area contributed by atoms with Crippen molar-refractivity contribution in [2.45, 2.75) is 37.0 Å². The highest BCUT2D eigenvalue weighted by Gasteiger charge is 2.51. The van der Waals surface area contributed by atoms with Crippen LogP contribution in [0.2, 0.25) is 20.1 Å². The lowest BCUT2D eigenvalue weighted by atomic mass is 9.97. The van der Waals surface area contributed by atoms with E-state index in [4.69, 9.17) is 46.4 Å². The summed E-state index contributed by atoms with van der Waals surface area (Å²) >= 11 is 27.2. The van der Waals surface area contributed by atoms with E-state index in [1.165, 1.54) is 24.3 Å². The first-order chi connectivity index (χ1) is 18.8. The zero-order chi connectivity index (χ0) is 29.2. The van der Waals surface area contributed by atoms with Gasteiger partial charge in [-0.3, -0.25) is 9.59 Å². The van der Waals surface area contributed by atoms with Crippen molar-refractivity contribution in [2.75, 3.05) is 0 Å². The van der Waals surface area contributed by atoms with Gasteiger partial charge in [-0.1, -0.05) is 82.8 Å². The van der Waals surface area contributed by atoms with Crippen molar-refractivity contribution in [2.24, 2.45) is 0 Å². The van der Waals surface area contributed by atoms with Crippen LogP contribution >= 0.6 is 62.3 Å². The second-order valence-corrected chi connectivity index (χ2v) is 11.7. The molecule has 1 aliphatic rings. The average Bonchev–Trinajstić information content (AvgIpc) is 3.66.